The number of carbonyl (C=O) groups excluding carboxylic acids is 4. The Bertz CT molecular complexity index is 310. The third kappa shape index (κ3) is 4.49. The number of hydrogen-bond donors (Lipinski definition) is 4. The second-order valence-corrected chi connectivity index (χ2v) is 3.38. The van der Waals surface area contributed by atoms with Gasteiger partial charge in [0.05, 0.1) is 0 Å². The second kappa shape index (κ2) is 6.46. The molecule has 0 radical (unpaired) electrons. The summed E-state index contributed by atoms with van der Waals surface area (Å²) in [7, 11) is 0. The molecule has 1 saturated heterocycles. The molecule has 4 N–H and O–H groups in total. The van der Waals surface area contributed by atoms with Crippen LogP contribution < -0.4 is 21.3 Å². The molecular weight excluding hydrogens is 228 g/mol. The molecular formula is C9H14N4O4. The van der Waals surface area contributed by atoms with E-state index < -0.39 is 23.6 Å². The normalized spacial score (nSPS) is 19.8. The van der Waals surface area contributed by atoms with Crippen molar-refractivity contribution in [1.82, 2.24) is 21.3 Å². The van der Waals surface area contributed by atoms with Crippen LogP contribution >= 0.6 is 0 Å². The zero-order chi connectivity index (χ0) is 12.7. The van der Waals surface area contributed by atoms with E-state index in [0.29, 0.717) is 6.42 Å². The van der Waals surface area contributed by atoms with Gasteiger partial charge in [-0.25, -0.2) is 0 Å². The Hall–Kier alpha value is -2.12. The quantitative estimate of drug-likeness (QED) is 0.336. The molecule has 0 aliphatic carbocycles. The first-order chi connectivity index (χ1) is 8.11. The number of nitrogens with one attached hydrogen (secondary N) is 4. The Morgan fingerprint density at radius 3 is 1.18 bits per heavy atom. The highest BCUT2D eigenvalue weighted by atomic mass is 16.2. The van der Waals surface area contributed by atoms with E-state index in [-0.39, 0.29) is 26.2 Å². The van der Waals surface area contributed by atoms with Crippen molar-refractivity contribution < 1.29 is 19.2 Å². The van der Waals surface area contributed by atoms with Gasteiger partial charge in [-0.1, -0.05) is 0 Å². The van der Waals surface area contributed by atoms with Crippen LogP contribution in [0.4, 0.5) is 0 Å². The van der Waals surface area contributed by atoms with Crippen molar-refractivity contribution >= 4 is 23.6 Å². The van der Waals surface area contributed by atoms with E-state index in [4.69, 9.17) is 0 Å². The van der Waals surface area contributed by atoms with E-state index in [1.807, 2.05) is 0 Å². The molecule has 0 aromatic rings. The standard InChI is InChI=1S/C9H14N4O4/c14-6-8(16)12-4-5-13-9(17)7(15)11-3-1-2-10-6/h1-5H2,(H,10,14)(H,11,15)(H,12,16)(H,13,17). The van der Waals surface area contributed by atoms with E-state index in [9.17, 15) is 19.2 Å². The molecule has 94 valence electrons. The zero-order valence-electron chi connectivity index (χ0n) is 9.17. The summed E-state index contributed by atoms with van der Waals surface area (Å²) in [5.74, 6) is -2.95. The van der Waals surface area contributed by atoms with Gasteiger partial charge in [-0.2, -0.15) is 0 Å². The van der Waals surface area contributed by atoms with Gasteiger partial charge in [-0.15, -0.1) is 0 Å². The molecule has 4 amide bonds. The minimum absolute atomic E-state index is 0.0886. The van der Waals surface area contributed by atoms with Crippen molar-refractivity contribution in [2.75, 3.05) is 26.2 Å². The van der Waals surface area contributed by atoms with Crippen LogP contribution in [0.25, 0.3) is 0 Å². The van der Waals surface area contributed by atoms with E-state index in [1.54, 1.807) is 0 Å². The van der Waals surface area contributed by atoms with Crippen molar-refractivity contribution in [3.8, 4) is 0 Å². The van der Waals surface area contributed by atoms with Crippen LogP contribution in [0.15, 0.2) is 0 Å². The molecule has 1 heterocycles. The molecule has 1 rings (SSSR count). The van der Waals surface area contributed by atoms with E-state index in [0.717, 1.165) is 0 Å². The number of rotatable bonds is 0. The van der Waals surface area contributed by atoms with Gasteiger partial charge in [-0.3, -0.25) is 19.2 Å². The van der Waals surface area contributed by atoms with Gasteiger partial charge in [0.2, 0.25) is 0 Å². The molecule has 1 aliphatic rings. The third-order valence-corrected chi connectivity index (χ3v) is 2.03. The molecule has 8 heteroatoms. The van der Waals surface area contributed by atoms with Gasteiger partial charge in [0.1, 0.15) is 0 Å². The van der Waals surface area contributed by atoms with Crippen molar-refractivity contribution in [2.24, 2.45) is 0 Å². The van der Waals surface area contributed by atoms with Gasteiger partial charge in [-0.05, 0) is 6.42 Å². The summed E-state index contributed by atoms with van der Waals surface area (Å²) in [5, 5.41) is 9.40. The average molecular weight is 242 g/mol. The molecule has 1 aliphatic heterocycles. The van der Waals surface area contributed by atoms with Gasteiger partial charge in [0, 0.05) is 26.2 Å². The first kappa shape index (κ1) is 12.9. The summed E-state index contributed by atoms with van der Waals surface area (Å²) >= 11 is 0. The molecule has 0 spiro atoms. The first-order valence-corrected chi connectivity index (χ1v) is 5.23. The number of amides is 4. The molecule has 0 bridgehead atoms. The smallest absolute Gasteiger partial charge is 0.309 e. The highest BCUT2D eigenvalue weighted by molar-refractivity contribution is 6.35. The zero-order valence-corrected chi connectivity index (χ0v) is 9.17. The van der Waals surface area contributed by atoms with Gasteiger partial charge in [0.15, 0.2) is 0 Å². The SMILES string of the molecule is O=C1NCCCNC(=O)C(=O)NCCNC1=O. The molecule has 0 aromatic carbocycles. The summed E-state index contributed by atoms with van der Waals surface area (Å²) in [6.07, 6.45) is 0.442. The van der Waals surface area contributed by atoms with Crippen LogP contribution in [-0.2, 0) is 19.2 Å². The lowest BCUT2D eigenvalue weighted by Crippen LogP contribution is -2.44. The lowest BCUT2D eigenvalue weighted by molar-refractivity contribution is -0.139. The summed E-state index contributed by atoms with van der Waals surface area (Å²) in [6, 6.07) is 0. The van der Waals surface area contributed by atoms with Gasteiger partial charge < -0.3 is 21.3 Å². The van der Waals surface area contributed by atoms with Crippen LogP contribution in [0, 0.1) is 0 Å². The lowest BCUT2D eigenvalue weighted by atomic mass is 10.4. The Morgan fingerprint density at radius 2 is 0.824 bits per heavy atom. The molecule has 8 nitrogen and oxygen atoms in total. The van der Waals surface area contributed by atoms with Crippen molar-refractivity contribution in [1.29, 1.82) is 0 Å². The molecule has 0 unspecified atom stereocenters. The van der Waals surface area contributed by atoms with Crippen molar-refractivity contribution in [3.63, 3.8) is 0 Å². The summed E-state index contributed by atoms with van der Waals surface area (Å²) in [4.78, 5) is 44.6. The Kier molecular flexibility index (Phi) is 4.92. The summed E-state index contributed by atoms with van der Waals surface area (Å²) in [6.45, 7) is 0.693. The first-order valence-electron chi connectivity index (χ1n) is 5.23. The highest BCUT2D eigenvalue weighted by Crippen LogP contribution is 1.78. The maximum atomic E-state index is 11.1. The largest absolute Gasteiger partial charge is 0.348 e. The minimum Gasteiger partial charge on any atom is -0.348 e. The third-order valence-electron chi connectivity index (χ3n) is 2.03. The van der Waals surface area contributed by atoms with Crippen LogP contribution in [-0.4, -0.2) is 49.8 Å². The number of hydrogen-bond acceptors (Lipinski definition) is 4. The predicted molar refractivity (Wildman–Crippen MR) is 56.7 cm³/mol. The van der Waals surface area contributed by atoms with Crippen LogP contribution in [0.1, 0.15) is 6.42 Å². The van der Waals surface area contributed by atoms with Crippen LogP contribution in [0.5, 0.6) is 0 Å². The lowest BCUT2D eigenvalue weighted by Gasteiger charge is -2.05. The molecule has 17 heavy (non-hydrogen) atoms. The van der Waals surface area contributed by atoms with E-state index in [1.165, 1.54) is 0 Å². The molecule has 0 atom stereocenters. The summed E-state index contributed by atoms with van der Waals surface area (Å²) < 4.78 is 0. The number of carbonyl (C=O) groups is 4. The van der Waals surface area contributed by atoms with E-state index >= 15 is 0 Å². The van der Waals surface area contributed by atoms with Gasteiger partial charge in [0.25, 0.3) is 0 Å². The van der Waals surface area contributed by atoms with Gasteiger partial charge >= 0.3 is 23.6 Å². The van der Waals surface area contributed by atoms with Crippen molar-refractivity contribution in [2.45, 2.75) is 6.42 Å². The maximum absolute atomic E-state index is 11.1. The van der Waals surface area contributed by atoms with E-state index in [2.05, 4.69) is 21.3 Å². The maximum Gasteiger partial charge on any atom is 0.309 e. The minimum atomic E-state index is -0.752. The fraction of sp³-hybridized carbons (Fsp3) is 0.556. The molecule has 0 aromatic heterocycles. The van der Waals surface area contributed by atoms with Crippen LogP contribution in [0.3, 0.4) is 0 Å². The molecule has 1 fully saturated rings. The Labute approximate surface area is 97.5 Å². The monoisotopic (exact) mass is 242 g/mol. The molecule has 0 saturated carbocycles. The summed E-state index contributed by atoms with van der Waals surface area (Å²) in [5.41, 5.74) is 0. The topological polar surface area (TPSA) is 116 Å². The highest BCUT2D eigenvalue weighted by Gasteiger charge is 2.15. The fourth-order valence-corrected chi connectivity index (χ4v) is 1.17. The average Bonchev–Trinajstić information content (AvgIpc) is 2.32. The van der Waals surface area contributed by atoms with Crippen molar-refractivity contribution in [3.05, 3.63) is 0 Å². The Morgan fingerprint density at radius 1 is 0.529 bits per heavy atom. The second-order valence-electron chi connectivity index (χ2n) is 3.38. The van der Waals surface area contributed by atoms with Crippen LogP contribution in [0.2, 0.25) is 0 Å². The fourth-order valence-electron chi connectivity index (χ4n) is 1.17. The Balaban J connectivity index is 2.51. The predicted octanol–water partition coefficient (Wildman–Crippen LogP) is -3.15.